The molecular formula is C13H24N2O5. The number of aliphatic hydroxyl groups excluding tert-OH is 1. The van der Waals surface area contributed by atoms with Crippen LogP contribution in [0.25, 0.3) is 0 Å². The summed E-state index contributed by atoms with van der Waals surface area (Å²) in [6.45, 7) is 5.23. The first-order valence-electron chi connectivity index (χ1n) is 6.93. The number of carbonyl (C=O) groups excluding carboxylic acids is 2. The fourth-order valence-electron chi connectivity index (χ4n) is 1.79. The summed E-state index contributed by atoms with van der Waals surface area (Å²) in [5.74, 6) is -0.582. The first kappa shape index (κ1) is 17.0. The van der Waals surface area contributed by atoms with Gasteiger partial charge in [-0.3, -0.25) is 14.9 Å². The summed E-state index contributed by atoms with van der Waals surface area (Å²) in [6.07, 6.45) is 0.250. The van der Waals surface area contributed by atoms with Crippen LogP contribution in [0, 0.1) is 0 Å². The van der Waals surface area contributed by atoms with E-state index in [4.69, 9.17) is 9.47 Å². The van der Waals surface area contributed by atoms with Crippen molar-refractivity contribution in [2.75, 3.05) is 26.4 Å². The van der Waals surface area contributed by atoms with Gasteiger partial charge in [-0.1, -0.05) is 0 Å². The van der Waals surface area contributed by atoms with Crippen molar-refractivity contribution in [2.45, 2.75) is 44.9 Å². The molecule has 0 aliphatic carbocycles. The summed E-state index contributed by atoms with van der Waals surface area (Å²) in [6, 6.07) is -0.424. The van der Waals surface area contributed by atoms with Crippen molar-refractivity contribution in [3.63, 3.8) is 0 Å². The molecule has 0 aromatic heterocycles. The third-order valence-electron chi connectivity index (χ3n) is 2.83. The standard InChI is InChI=1S/C13H24N2O5/c1-9(2)20-6-5-19-8-10(16)7-14-11-3-4-12(17)15-13(11)18/h9-11,14,16H,3-8H2,1-2H3,(H,15,17,18). The van der Waals surface area contributed by atoms with Crippen LogP contribution in [0.15, 0.2) is 0 Å². The highest BCUT2D eigenvalue weighted by molar-refractivity contribution is 6.00. The molecule has 7 heteroatoms. The Kier molecular flexibility index (Phi) is 7.68. The molecule has 0 aromatic carbocycles. The Morgan fingerprint density at radius 1 is 1.40 bits per heavy atom. The molecule has 0 saturated carbocycles. The smallest absolute Gasteiger partial charge is 0.243 e. The van der Waals surface area contributed by atoms with Crippen LogP contribution < -0.4 is 10.6 Å². The zero-order valence-electron chi connectivity index (χ0n) is 12.1. The quantitative estimate of drug-likeness (QED) is 0.379. The van der Waals surface area contributed by atoms with E-state index in [1.54, 1.807) is 0 Å². The van der Waals surface area contributed by atoms with E-state index in [1.807, 2.05) is 13.8 Å². The fraction of sp³-hybridized carbons (Fsp3) is 0.846. The van der Waals surface area contributed by atoms with Gasteiger partial charge in [0.25, 0.3) is 0 Å². The Hall–Kier alpha value is -1.02. The molecule has 2 amide bonds. The molecule has 7 nitrogen and oxygen atoms in total. The Morgan fingerprint density at radius 3 is 2.80 bits per heavy atom. The van der Waals surface area contributed by atoms with E-state index in [1.165, 1.54) is 0 Å². The number of amides is 2. The monoisotopic (exact) mass is 288 g/mol. The number of ether oxygens (including phenoxy) is 2. The van der Waals surface area contributed by atoms with Crippen molar-refractivity contribution in [2.24, 2.45) is 0 Å². The highest BCUT2D eigenvalue weighted by Gasteiger charge is 2.26. The van der Waals surface area contributed by atoms with Gasteiger partial charge in [0.2, 0.25) is 11.8 Å². The molecule has 0 bridgehead atoms. The van der Waals surface area contributed by atoms with Crippen LogP contribution in [0.4, 0.5) is 0 Å². The van der Waals surface area contributed by atoms with Gasteiger partial charge >= 0.3 is 0 Å². The van der Waals surface area contributed by atoms with Gasteiger partial charge in [0.15, 0.2) is 0 Å². The maximum atomic E-state index is 11.5. The first-order valence-corrected chi connectivity index (χ1v) is 6.93. The van der Waals surface area contributed by atoms with Crippen molar-refractivity contribution in [3.05, 3.63) is 0 Å². The molecule has 1 fully saturated rings. The van der Waals surface area contributed by atoms with E-state index >= 15 is 0 Å². The van der Waals surface area contributed by atoms with Gasteiger partial charge in [-0.05, 0) is 20.3 Å². The number of nitrogens with one attached hydrogen (secondary N) is 2. The summed E-state index contributed by atoms with van der Waals surface area (Å²) in [7, 11) is 0. The van der Waals surface area contributed by atoms with Gasteiger partial charge in [0, 0.05) is 13.0 Å². The number of carbonyl (C=O) groups is 2. The van der Waals surface area contributed by atoms with Gasteiger partial charge in [0.1, 0.15) is 0 Å². The molecule has 0 aromatic rings. The number of hydrogen-bond acceptors (Lipinski definition) is 6. The van der Waals surface area contributed by atoms with Crippen LogP contribution in [-0.2, 0) is 19.1 Å². The highest BCUT2D eigenvalue weighted by atomic mass is 16.5. The Balaban J connectivity index is 2.06. The SMILES string of the molecule is CC(C)OCCOCC(O)CNC1CCC(=O)NC1=O. The summed E-state index contributed by atoms with van der Waals surface area (Å²) in [5, 5.41) is 14.9. The molecule has 0 radical (unpaired) electrons. The summed E-state index contributed by atoms with van der Waals surface area (Å²) >= 11 is 0. The predicted octanol–water partition coefficient (Wildman–Crippen LogP) is -0.816. The van der Waals surface area contributed by atoms with Gasteiger partial charge in [0.05, 0.1) is 38.1 Å². The van der Waals surface area contributed by atoms with Crippen LogP contribution in [-0.4, -0.2) is 61.5 Å². The van der Waals surface area contributed by atoms with Crippen molar-refractivity contribution in [1.82, 2.24) is 10.6 Å². The summed E-state index contributed by atoms with van der Waals surface area (Å²) < 4.78 is 10.6. The average molecular weight is 288 g/mol. The lowest BCUT2D eigenvalue weighted by atomic mass is 10.1. The second kappa shape index (κ2) is 9.02. The molecule has 2 unspecified atom stereocenters. The minimum atomic E-state index is -0.695. The Bertz CT molecular complexity index is 322. The first-order chi connectivity index (χ1) is 9.49. The minimum Gasteiger partial charge on any atom is -0.389 e. The number of piperidine rings is 1. The maximum absolute atomic E-state index is 11.5. The zero-order valence-corrected chi connectivity index (χ0v) is 12.1. The predicted molar refractivity (Wildman–Crippen MR) is 72.1 cm³/mol. The van der Waals surface area contributed by atoms with E-state index < -0.39 is 12.1 Å². The molecule has 3 N–H and O–H groups in total. The van der Waals surface area contributed by atoms with E-state index in [-0.39, 0.29) is 31.1 Å². The van der Waals surface area contributed by atoms with Gasteiger partial charge in [-0.2, -0.15) is 0 Å². The molecule has 2 atom stereocenters. The summed E-state index contributed by atoms with van der Waals surface area (Å²) in [5.41, 5.74) is 0. The number of hydrogen-bond donors (Lipinski definition) is 3. The molecule has 1 heterocycles. The van der Waals surface area contributed by atoms with Gasteiger partial charge < -0.3 is 19.9 Å². The lowest BCUT2D eigenvalue weighted by molar-refractivity contribution is -0.134. The van der Waals surface area contributed by atoms with Crippen molar-refractivity contribution in [1.29, 1.82) is 0 Å². The van der Waals surface area contributed by atoms with E-state index in [0.717, 1.165) is 0 Å². The third kappa shape index (κ3) is 6.95. The lowest BCUT2D eigenvalue weighted by Gasteiger charge is -2.23. The van der Waals surface area contributed by atoms with Crippen LogP contribution in [0.1, 0.15) is 26.7 Å². The van der Waals surface area contributed by atoms with Crippen LogP contribution in [0.2, 0.25) is 0 Å². The Labute approximate surface area is 119 Å². The van der Waals surface area contributed by atoms with Crippen molar-refractivity contribution >= 4 is 11.8 Å². The second-order valence-corrected chi connectivity index (χ2v) is 5.06. The maximum Gasteiger partial charge on any atom is 0.243 e. The Morgan fingerprint density at radius 2 is 2.15 bits per heavy atom. The van der Waals surface area contributed by atoms with Gasteiger partial charge in [-0.15, -0.1) is 0 Å². The van der Waals surface area contributed by atoms with Gasteiger partial charge in [-0.25, -0.2) is 0 Å². The van der Waals surface area contributed by atoms with Crippen LogP contribution in [0.5, 0.6) is 0 Å². The number of imide groups is 1. The molecule has 1 aliphatic heterocycles. The third-order valence-corrected chi connectivity index (χ3v) is 2.83. The van der Waals surface area contributed by atoms with Crippen LogP contribution in [0.3, 0.4) is 0 Å². The molecule has 116 valence electrons. The molecule has 1 rings (SSSR count). The molecular weight excluding hydrogens is 264 g/mol. The molecule has 1 aliphatic rings. The normalized spacial score (nSPS) is 21.1. The number of aliphatic hydroxyl groups is 1. The van der Waals surface area contributed by atoms with Crippen molar-refractivity contribution < 1.29 is 24.2 Å². The minimum absolute atomic E-state index is 0.165. The lowest BCUT2D eigenvalue weighted by Crippen LogP contribution is -2.52. The number of rotatable bonds is 9. The van der Waals surface area contributed by atoms with E-state index in [2.05, 4.69) is 10.6 Å². The van der Waals surface area contributed by atoms with Crippen LogP contribution >= 0.6 is 0 Å². The molecule has 20 heavy (non-hydrogen) atoms. The van der Waals surface area contributed by atoms with Crippen molar-refractivity contribution in [3.8, 4) is 0 Å². The topological polar surface area (TPSA) is 96.9 Å². The van der Waals surface area contributed by atoms with E-state index in [0.29, 0.717) is 26.1 Å². The fourth-order valence-corrected chi connectivity index (χ4v) is 1.79. The molecule has 1 saturated heterocycles. The largest absolute Gasteiger partial charge is 0.389 e. The van der Waals surface area contributed by atoms with E-state index in [9.17, 15) is 14.7 Å². The highest BCUT2D eigenvalue weighted by Crippen LogP contribution is 2.04. The zero-order chi connectivity index (χ0) is 15.0. The molecule has 0 spiro atoms. The second-order valence-electron chi connectivity index (χ2n) is 5.06. The summed E-state index contributed by atoms with van der Waals surface area (Å²) in [4.78, 5) is 22.4. The average Bonchev–Trinajstić information content (AvgIpc) is 2.37.